The van der Waals surface area contributed by atoms with Crippen LogP contribution in [0.25, 0.3) is 0 Å². The molecule has 1 heterocycles. The summed E-state index contributed by atoms with van der Waals surface area (Å²) in [6.45, 7) is 5.29. The van der Waals surface area contributed by atoms with Gasteiger partial charge < -0.3 is 24.1 Å². The Kier molecular flexibility index (Phi) is 9.44. The van der Waals surface area contributed by atoms with E-state index in [0.717, 1.165) is 0 Å². The monoisotopic (exact) mass is 360 g/mol. The SMILES string of the molecule is CCCC(=O)OC[C@H]1O[C@@H](O)[C@H](OC(=O)CCC)[C@@H]1OC(=O)CCC. The van der Waals surface area contributed by atoms with Gasteiger partial charge in [0.2, 0.25) is 0 Å². The number of aliphatic hydroxyl groups excluding tert-OH is 1. The highest BCUT2D eigenvalue weighted by atomic mass is 16.7. The van der Waals surface area contributed by atoms with Gasteiger partial charge in [-0.05, 0) is 19.3 Å². The van der Waals surface area contributed by atoms with Crippen molar-refractivity contribution in [2.45, 2.75) is 83.9 Å². The van der Waals surface area contributed by atoms with Gasteiger partial charge in [-0.2, -0.15) is 0 Å². The van der Waals surface area contributed by atoms with Crippen LogP contribution < -0.4 is 0 Å². The summed E-state index contributed by atoms with van der Waals surface area (Å²) in [6, 6.07) is 0. The van der Waals surface area contributed by atoms with Gasteiger partial charge in [0.1, 0.15) is 12.7 Å². The zero-order valence-corrected chi connectivity index (χ0v) is 15.1. The first-order valence-electron chi connectivity index (χ1n) is 8.80. The third kappa shape index (κ3) is 6.99. The van der Waals surface area contributed by atoms with E-state index in [9.17, 15) is 19.5 Å². The minimum absolute atomic E-state index is 0.176. The Morgan fingerprint density at radius 2 is 1.32 bits per heavy atom. The molecule has 0 bridgehead atoms. The minimum Gasteiger partial charge on any atom is -0.463 e. The van der Waals surface area contributed by atoms with Crippen LogP contribution in [-0.2, 0) is 33.3 Å². The number of hydrogen-bond acceptors (Lipinski definition) is 8. The molecule has 0 spiro atoms. The summed E-state index contributed by atoms with van der Waals surface area (Å²) >= 11 is 0. The Morgan fingerprint density at radius 1 is 0.840 bits per heavy atom. The first-order chi connectivity index (χ1) is 11.9. The molecule has 144 valence electrons. The zero-order chi connectivity index (χ0) is 18.8. The molecule has 0 aliphatic carbocycles. The van der Waals surface area contributed by atoms with Crippen molar-refractivity contribution >= 4 is 17.9 Å². The van der Waals surface area contributed by atoms with Crippen LogP contribution in [0.15, 0.2) is 0 Å². The Morgan fingerprint density at radius 3 is 1.84 bits per heavy atom. The molecule has 1 saturated heterocycles. The summed E-state index contributed by atoms with van der Waals surface area (Å²) in [4.78, 5) is 35.1. The molecule has 1 aliphatic rings. The van der Waals surface area contributed by atoms with Crippen LogP contribution in [0, 0.1) is 0 Å². The van der Waals surface area contributed by atoms with E-state index in [1.54, 1.807) is 0 Å². The lowest BCUT2D eigenvalue weighted by Crippen LogP contribution is -2.41. The number of ether oxygens (including phenoxy) is 4. The first-order valence-corrected chi connectivity index (χ1v) is 8.80. The molecule has 0 aromatic rings. The van der Waals surface area contributed by atoms with Crippen LogP contribution >= 0.6 is 0 Å². The van der Waals surface area contributed by atoms with Crippen LogP contribution in [-0.4, -0.2) is 54.2 Å². The maximum absolute atomic E-state index is 11.8. The number of rotatable bonds is 10. The van der Waals surface area contributed by atoms with E-state index in [1.165, 1.54) is 0 Å². The molecule has 0 aromatic heterocycles. The number of carbonyl (C=O) groups is 3. The second-order valence-electron chi connectivity index (χ2n) is 5.91. The van der Waals surface area contributed by atoms with Gasteiger partial charge in [-0.15, -0.1) is 0 Å². The van der Waals surface area contributed by atoms with E-state index in [1.807, 2.05) is 20.8 Å². The zero-order valence-electron chi connectivity index (χ0n) is 15.1. The molecule has 8 nitrogen and oxygen atoms in total. The smallest absolute Gasteiger partial charge is 0.306 e. The van der Waals surface area contributed by atoms with Gasteiger partial charge in [-0.3, -0.25) is 14.4 Å². The molecule has 1 aliphatic heterocycles. The van der Waals surface area contributed by atoms with Crippen molar-refractivity contribution < 1.29 is 38.4 Å². The molecule has 0 amide bonds. The average molecular weight is 360 g/mol. The molecule has 1 rings (SSSR count). The highest BCUT2D eigenvalue weighted by Gasteiger charge is 2.49. The number of esters is 3. The Labute approximate surface area is 147 Å². The second-order valence-corrected chi connectivity index (χ2v) is 5.91. The lowest BCUT2D eigenvalue weighted by molar-refractivity contribution is -0.177. The Balaban J connectivity index is 2.77. The third-order valence-electron chi connectivity index (χ3n) is 3.59. The van der Waals surface area contributed by atoms with Gasteiger partial charge in [0.25, 0.3) is 0 Å². The van der Waals surface area contributed by atoms with E-state index in [0.29, 0.717) is 19.3 Å². The fraction of sp³-hybridized carbons (Fsp3) is 0.824. The maximum atomic E-state index is 11.8. The molecule has 1 fully saturated rings. The molecule has 0 saturated carbocycles. The van der Waals surface area contributed by atoms with E-state index in [4.69, 9.17) is 18.9 Å². The van der Waals surface area contributed by atoms with E-state index in [-0.39, 0.29) is 25.9 Å². The summed E-state index contributed by atoms with van der Waals surface area (Å²) < 4.78 is 20.9. The molecule has 0 radical (unpaired) electrons. The van der Waals surface area contributed by atoms with Crippen molar-refractivity contribution in [3.05, 3.63) is 0 Å². The summed E-state index contributed by atoms with van der Waals surface area (Å²) in [5.41, 5.74) is 0. The first kappa shape index (κ1) is 21.4. The van der Waals surface area contributed by atoms with Gasteiger partial charge in [-0.1, -0.05) is 20.8 Å². The fourth-order valence-corrected chi connectivity index (χ4v) is 2.39. The topological polar surface area (TPSA) is 108 Å². The van der Waals surface area contributed by atoms with Crippen molar-refractivity contribution in [1.82, 2.24) is 0 Å². The highest BCUT2D eigenvalue weighted by Crippen LogP contribution is 2.27. The summed E-state index contributed by atoms with van der Waals surface area (Å²) in [5, 5.41) is 10.0. The Bertz CT molecular complexity index is 450. The third-order valence-corrected chi connectivity index (χ3v) is 3.59. The van der Waals surface area contributed by atoms with Gasteiger partial charge in [0.15, 0.2) is 18.5 Å². The molecule has 0 aromatic carbocycles. The van der Waals surface area contributed by atoms with Crippen molar-refractivity contribution in [2.75, 3.05) is 6.61 Å². The quantitative estimate of drug-likeness (QED) is 0.461. The predicted molar refractivity (Wildman–Crippen MR) is 86.3 cm³/mol. The van der Waals surface area contributed by atoms with Gasteiger partial charge in [0.05, 0.1) is 0 Å². The predicted octanol–water partition coefficient (Wildman–Crippen LogP) is 1.47. The van der Waals surface area contributed by atoms with E-state index >= 15 is 0 Å². The van der Waals surface area contributed by atoms with E-state index < -0.39 is 42.5 Å². The lowest BCUT2D eigenvalue weighted by Gasteiger charge is -2.23. The molecule has 8 heteroatoms. The molecule has 1 N–H and O–H groups in total. The van der Waals surface area contributed by atoms with Crippen molar-refractivity contribution in [3.8, 4) is 0 Å². The highest BCUT2D eigenvalue weighted by molar-refractivity contribution is 5.71. The standard InChI is InChI=1S/C17H28O8/c1-4-7-12(18)22-10-11-15(24-13(19)8-5-2)16(17(21)23-11)25-14(20)9-6-3/h11,15-17,21H,4-10H2,1-3H3/t11-,15-,16-,17-/m1/s1. The summed E-state index contributed by atoms with van der Waals surface area (Å²) in [6.07, 6.45) is -2.08. The van der Waals surface area contributed by atoms with Crippen molar-refractivity contribution in [3.63, 3.8) is 0 Å². The van der Waals surface area contributed by atoms with Crippen molar-refractivity contribution in [1.29, 1.82) is 0 Å². The normalized spacial score (nSPS) is 25.4. The second kappa shape index (κ2) is 11.0. The lowest BCUT2D eigenvalue weighted by atomic mass is 10.1. The summed E-state index contributed by atoms with van der Waals surface area (Å²) in [7, 11) is 0. The van der Waals surface area contributed by atoms with Crippen LogP contribution in [0.4, 0.5) is 0 Å². The average Bonchev–Trinajstić information content (AvgIpc) is 2.82. The number of hydrogen-bond donors (Lipinski definition) is 1. The molecule has 0 unspecified atom stereocenters. The minimum atomic E-state index is -1.45. The van der Waals surface area contributed by atoms with Crippen LogP contribution in [0.2, 0.25) is 0 Å². The molecular weight excluding hydrogens is 332 g/mol. The van der Waals surface area contributed by atoms with Gasteiger partial charge >= 0.3 is 17.9 Å². The van der Waals surface area contributed by atoms with Crippen LogP contribution in [0.5, 0.6) is 0 Å². The van der Waals surface area contributed by atoms with Crippen molar-refractivity contribution in [2.24, 2.45) is 0 Å². The van der Waals surface area contributed by atoms with Gasteiger partial charge in [0, 0.05) is 19.3 Å². The largest absolute Gasteiger partial charge is 0.463 e. The molecule has 25 heavy (non-hydrogen) atoms. The van der Waals surface area contributed by atoms with Gasteiger partial charge in [-0.25, -0.2) is 0 Å². The summed E-state index contributed by atoms with van der Waals surface area (Å²) in [5.74, 6) is -1.42. The Hall–Kier alpha value is -1.67. The molecule has 4 atom stereocenters. The number of carbonyl (C=O) groups excluding carboxylic acids is 3. The number of aliphatic hydroxyl groups is 1. The van der Waals surface area contributed by atoms with Crippen LogP contribution in [0.1, 0.15) is 59.3 Å². The maximum Gasteiger partial charge on any atom is 0.306 e. The fourth-order valence-electron chi connectivity index (χ4n) is 2.39. The molecular formula is C17H28O8. The van der Waals surface area contributed by atoms with E-state index in [2.05, 4.69) is 0 Å². The van der Waals surface area contributed by atoms with Crippen LogP contribution in [0.3, 0.4) is 0 Å².